The van der Waals surface area contributed by atoms with E-state index in [4.69, 9.17) is 9.47 Å². The van der Waals surface area contributed by atoms with Crippen molar-refractivity contribution in [3.05, 3.63) is 59.9 Å². The van der Waals surface area contributed by atoms with Crippen LogP contribution in [0.15, 0.2) is 53.7 Å². The molecule has 28 heavy (non-hydrogen) atoms. The number of carbonyl (C=O) groups is 1. The van der Waals surface area contributed by atoms with Gasteiger partial charge in [-0.3, -0.25) is 4.79 Å². The molecule has 1 amide bonds. The molecule has 0 spiro atoms. The predicted octanol–water partition coefficient (Wildman–Crippen LogP) is 3.44. The number of nitrogens with zero attached hydrogens (tertiary/aromatic N) is 3. The van der Waals surface area contributed by atoms with Crippen LogP contribution >= 0.6 is 11.8 Å². The summed E-state index contributed by atoms with van der Waals surface area (Å²) < 4.78 is 12.9. The van der Waals surface area contributed by atoms with Crippen LogP contribution in [0.5, 0.6) is 11.5 Å². The van der Waals surface area contributed by atoms with Crippen LogP contribution in [0.3, 0.4) is 0 Å². The molecule has 146 valence electrons. The molecule has 2 aromatic carbocycles. The lowest BCUT2D eigenvalue weighted by Crippen LogP contribution is -2.14. The number of anilines is 1. The van der Waals surface area contributed by atoms with Gasteiger partial charge in [0.25, 0.3) is 0 Å². The SMILES string of the molecule is COc1ccccc1OCc1nnc(SCC(=O)Nc2cccc(C)c2)n1C. The van der Waals surface area contributed by atoms with E-state index in [-0.39, 0.29) is 18.3 Å². The summed E-state index contributed by atoms with van der Waals surface area (Å²) in [7, 11) is 3.45. The van der Waals surface area contributed by atoms with E-state index in [2.05, 4.69) is 15.5 Å². The van der Waals surface area contributed by atoms with Crippen LogP contribution in [0.4, 0.5) is 5.69 Å². The zero-order chi connectivity index (χ0) is 19.9. The van der Waals surface area contributed by atoms with Crippen LogP contribution in [-0.2, 0) is 18.4 Å². The van der Waals surface area contributed by atoms with E-state index in [9.17, 15) is 4.79 Å². The van der Waals surface area contributed by atoms with Crippen molar-refractivity contribution in [2.24, 2.45) is 7.05 Å². The average Bonchev–Trinajstić information content (AvgIpc) is 3.04. The number of amides is 1. The van der Waals surface area contributed by atoms with Gasteiger partial charge in [0.05, 0.1) is 12.9 Å². The fourth-order valence-corrected chi connectivity index (χ4v) is 3.26. The Labute approximate surface area is 168 Å². The van der Waals surface area contributed by atoms with Crippen molar-refractivity contribution < 1.29 is 14.3 Å². The Hall–Kier alpha value is -3.00. The maximum atomic E-state index is 12.2. The van der Waals surface area contributed by atoms with Gasteiger partial charge in [0, 0.05) is 12.7 Å². The van der Waals surface area contributed by atoms with Crippen molar-refractivity contribution in [3.63, 3.8) is 0 Å². The number of methoxy groups -OCH3 is 1. The summed E-state index contributed by atoms with van der Waals surface area (Å²) >= 11 is 1.33. The van der Waals surface area contributed by atoms with Gasteiger partial charge in [-0.25, -0.2) is 0 Å². The van der Waals surface area contributed by atoms with Crippen molar-refractivity contribution in [2.75, 3.05) is 18.2 Å². The number of para-hydroxylation sites is 2. The minimum Gasteiger partial charge on any atom is -0.493 e. The number of rotatable bonds is 8. The van der Waals surface area contributed by atoms with E-state index in [1.807, 2.05) is 67.1 Å². The van der Waals surface area contributed by atoms with Gasteiger partial charge in [0.2, 0.25) is 5.91 Å². The van der Waals surface area contributed by atoms with Gasteiger partial charge in [-0.15, -0.1) is 10.2 Å². The molecule has 8 heteroatoms. The fraction of sp³-hybridized carbons (Fsp3) is 0.250. The van der Waals surface area contributed by atoms with Gasteiger partial charge in [-0.2, -0.15) is 0 Å². The molecule has 0 unspecified atom stereocenters. The third-order valence-electron chi connectivity index (χ3n) is 3.99. The van der Waals surface area contributed by atoms with E-state index < -0.39 is 0 Å². The number of benzene rings is 2. The van der Waals surface area contributed by atoms with Crippen molar-refractivity contribution >= 4 is 23.4 Å². The van der Waals surface area contributed by atoms with Gasteiger partial charge < -0.3 is 19.4 Å². The largest absolute Gasteiger partial charge is 0.493 e. The number of nitrogens with one attached hydrogen (secondary N) is 1. The maximum Gasteiger partial charge on any atom is 0.234 e. The van der Waals surface area contributed by atoms with E-state index in [1.54, 1.807) is 7.11 Å². The Morgan fingerprint density at radius 2 is 1.93 bits per heavy atom. The van der Waals surface area contributed by atoms with E-state index in [0.29, 0.717) is 22.5 Å². The number of aromatic nitrogens is 3. The summed E-state index contributed by atoms with van der Waals surface area (Å²) in [6.45, 7) is 2.23. The van der Waals surface area contributed by atoms with E-state index in [0.717, 1.165) is 11.3 Å². The lowest BCUT2D eigenvalue weighted by atomic mass is 10.2. The molecule has 0 aliphatic rings. The summed E-state index contributed by atoms with van der Waals surface area (Å²) in [4.78, 5) is 12.2. The Kier molecular flexibility index (Phi) is 6.54. The number of hydrogen-bond donors (Lipinski definition) is 1. The average molecular weight is 398 g/mol. The van der Waals surface area contributed by atoms with Crippen LogP contribution in [0.2, 0.25) is 0 Å². The molecule has 0 atom stereocenters. The highest BCUT2D eigenvalue weighted by atomic mass is 32.2. The van der Waals surface area contributed by atoms with E-state index >= 15 is 0 Å². The quantitative estimate of drug-likeness (QED) is 0.586. The van der Waals surface area contributed by atoms with Gasteiger partial charge >= 0.3 is 0 Å². The normalized spacial score (nSPS) is 10.5. The lowest BCUT2D eigenvalue weighted by Gasteiger charge is -2.10. The first kappa shape index (κ1) is 19.8. The molecule has 0 bridgehead atoms. The molecule has 3 rings (SSSR count). The van der Waals surface area contributed by atoms with Gasteiger partial charge in [0.15, 0.2) is 22.5 Å². The molecule has 1 aromatic heterocycles. The molecular formula is C20H22N4O3S. The maximum absolute atomic E-state index is 12.2. The predicted molar refractivity (Wildman–Crippen MR) is 109 cm³/mol. The molecule has 0 saturated heterocycles. The number of ether oxygens (including phenoxy) is 2. The molecule has 7 nitrogen and oxygen atoms in total. The molecule has 0 fully saturated rings. The monoisotopic (exact) mass is 398 g/mol. The highest BCUT2D eigenvalue weighted by molar-refractivity contribution is 7.99. The summed E-state index contributed by atoms with van der Waals surface area (Å²) in [6.07, 6.45) is 0. The smallest absolute Gasteiger partial charge is 0.234 e. The Morgan fingerprint density at radius 1 is 1.14 bits per heavy atom. The van der Waals surface area contributed by atoms with E-state index in [1.165, 1.54) is 11.8 Å². The molecule has 0 radical (unpaired) electrons. The van der Waals surface area contributed by atoms with Gasteiger partial charge in [0.1, 0.15) is 6.61 Å². The van der Waals surface area contributed by atoms with Crippen LogP contribution < -0.4 is 14.8 Å². The minimum absolute atomic E-state index is 0.0922. The number of thioether (sulfide) groups is 1. The summed E-state index contributed by atoms with van der Waals surface area (Å²) in [5, 5.41) is 11.8. The molecular weight excluding hydrogens is 376 g/mol. The second-order valence-corrected chi connectivity index (χ2v) is 7.05. The number of aryl methyl sites for hydroxylation is 1. The summed E-state index contributed by atoms with van der Waals surface area (Å²) in [6, 6.07) is 15.1. The molecule has 3 aromatic rings. The first-order valence-corrected chi connectivity index (χ1v) is 9.69. The van der Waals surface area contributed by atoms with Crippen LogP contribution in [-0.4, -0.2) is 33.5 Å². The third-order valence-corrected chi connectivity index (χ3v) is 5.01. The summed E-state index contributed by atoms with van der Waals surface area (Å²) in [5.74, 6) is 2.11. The molecule has 0 aliphatic heterocycles. The van der Waals surface area contributed by atoms with Gasteiger partial charge in [-0.1, -0.05) is 36.0 Å². The standard InChI is InChI=1S/C20H22N4O3S/c1-14-7-6-8-15(11-14)21-19(25)13-28-20-23-22-18(24(20)2)12-27-17-10-5-4-9-16(17)26-3/h4-11H,12-13H2,1-3H3,(H,21,25). The number of carbonyl (C=O) groups excluding carboxylic acids is 1. The second kappa shape index (κ2) is 9.27. The second-order valence-electron chi connectivity index (χ2n) is 6.10. The number of hydrogen-bond acceptors (Lipinski definition) is 6. The Balaban J connectivity index is 1.55. The fourth-order valence-electron chi connectivity index (χ4n) is 2.53. The van der Waals surface area contributed by atoms with Crippen molar-refractivity contribution in [3.8, 4) is 11.5 Å². The van der Waals surface area contributed by atoms with Gasteiger partial charge in [-0.05, 0) is 36.8 Å². The lowest BCUT2D eigenvalue weighted by molar-refractivity contribution is -0.113. The molecule has 0 aliphatic carbocycles. The third kappa shape index (κ3) is 5.04. The minimum atomic E-state index is -0.0922. The highest BCUT2D eigenvalue weighted by Crippen LogP contribution is 2.26. The van der Waals surface area contributed by atoms with Crippen LogP contribution in [0.25, 0.3) is 0 Å². The molecule has 1 heterocycles. The van der Waals surface area contributed by atoms with Crippen LogP contribution in [0, 0.1) is 6.92 Å². The molecule has 1 N–H and O–H groups in total. The topological polar surface area (TPSA) is 78.3 Å². The Bertz CT molecular complexity index is 958. The zero-order valence-electron chi connectivity index (χ0n) is 16.0. The van der Waals surface area contributed by atoms with Crippen LogP contribution in [0.1, 0.15) is 11.4 Å². The van der Waals surface area contributed by atoms with Crippen molar-refractivity contribution in [2.45, 2.75) is 18.7 Å². The first-order valence-electron chi connectivity index (χ1n) is 8.70. The Morgan fingerprint density at radius 3 is 2.68 bits per heavy atom. The highest BCUT2D eigenvalue weighted by Gasteiger charge is 2.13. The van der Waals surface area contributed by atoms with Crippen molar-refractivity contribution in [1.29, 1.82) is 0 Å². The zero-order valence-corrected chi connectivity index (χ0v) is 16.8. The van der Waals surface area contributed by atoms with Crippen molar-refractivity contribution in [1.82, 2.24) is 14.8 Å². The molecule has 0 saturated carbocycles. The first-order chi connectivity index (χ1) is 13.6. The summed E-state index contributed by atoms with van der Waals surface area (Å²) in [5.41, 5.74) is 1.88.